The smallest absolute Gasteiger partial charge is 0.0495 e. The molecular weight excluding hydrogens is 870 g/mol. The van der Waals surface area contributed by atoms with E-state index in [1.807, 2.05) is 36.4 Å². The summed E-state index contributed by atoms with van der Waals surface area (Å²) in [5.74, 6) is 4.85. The molecule has 0 amide bonds. The molecule has 0 saturated heterocycles. The third-order valence-corrected chi connectivity index (χ3v) is 6.68. The van der Waals surface area contributed by atoms with Crippen molar-refractivity contribution >= 4 is 43.6 Å². The van der Waals surface area contributed by atoms with Gasteiger partial charge in [0.05, 0.1) is 0 Å². The van der Waals surface area contributed by atoms with Crippen molar-refractivity contribution in [3.63, 3.8) is 0 Å². The molecule has 2 radical (unpaired) electrons. The molecule has 2 heterocycles. The number of nitrogens with zero attached hydrogens (tertiary/aromatic N) is 4. The van der Waals surface area contributed by atoms with Gasteiger partial charge in [-0.2, -0.15) is 0 Å². The summed E-state index contributed by atoms with van der Waals surface area (Å²) in [6, 6.07) is 28.7. The maximum absolute atomic E-state index is 7.16. The van der Waals surface area contributed by atoms with Crippen LogP contribution in [-0.4, -0.2) is 53.8 Å². The topological polar surface area (TPSA) is 16.3 Å². The van der Waals surface area contributed by atoms with Crippen molar-refractivity contribution < 1.29 is 44.8 Å². The largest absolute Gasteiger partial charge is 0.366 e. The van der Waals surface area contributed by atoms with E-state index in [9.17, 15) is 0 Å². The second-order valence-electron chi connectivity index (χ2n) is 10.2. The standard InChI is InChI=1S/2C15H10N.C5H14N2.2Au/c2*1-3-11-8-9-13-12-6-4-5-7-14(12)16(2)15(13)10-11;1-6(2)5-7(3)4;;/h2*4-10H,2H3;5H2,1-4H3;;/q2*-1;;;. The van der Waals surface area contributed by atoms with Gasteiger partial charge in [-0.3, -0.25) is 21.6 Å². The number of benzene rings is 4. The van der Waals surface area contributed by atoms with Crippen LogP contribution >= 0.6 is 0 Å². The number of fused-ring (bicyclic) bond motifs is 6. The Bertz CT molecular complexity index is 1710. The Morgan fingerprint density at radius 1 is 0.537 bits per heavy atom. The summed E-state index contributed by atoms with van der Waals surface area (Å²) >= 11 is 0. The first-order valence-corrected chi connectivity index (χ1v) is 12.8. The van der Waals surface area contributed by atoms with E-state index in [4.69, 9.17) is 12.8 Å². The van der Waals surface area contributed by atoms with Crippen molar-refractivity contribution in [1.29, 1.82) is 0 Å². The van der Waals surface area contributed by atoms with Crippen LogP contribution in [0.15, 0.2) is 84.9 Å². The maximum Gasteiger partial charge on any atom is 0.0495 e. The molecule has 2 aromatic heterocycles. The molecule has 0 N–H and O–H groups in total. The van der Waals surface area contributed by atoms with Crippen LogP contribution in [0.5, 0.6) is 0 Å². The third kappa shape index (κ3) is 7.64. The molecule has 6 heteroatoms. The van der Waals surface area contributed by atoms with Gasteiger partial charge in [0.1, 0.15) is 0 Å². The minimum Gasteiger partial charge on any atom is -0.366 e. The van der Waals surface area contributed by atoms with Gasteiger partial charge in [0, 0.05) is 109 Å². The number of aryl methyl sites for hydroxylation is 2. The summed E-state index contributed by atoms with van der Waals surface area (Å²) in [5, 5.41) is 4.99. The van der Waals surface area contributed by atoms with Crippen molar-refractivity contribution in [3.05, 3.63) is 109 Å². The normalized spacial score (nSPS) is 10.3. The fraction of sp³-hybridized carbons (Fsp3) is 0.200. The Labute approximate surface area is 275 Å². The van der Waals surface area contributed by atoms with Crippen molar-refractivity contribution in [2.45, 2.75) is 0 Å². The number of para-hydroxylation sites is 2. The summed E-state index contributed by atoms with van der Waals surface area (Å²) in [6.07, 6.45) is 14.3. The van der Waals surface area contributed by atoms with E-state index in [1.54, 1.807) is 0 Å². The fourth-order valence-corrected chi connectivity index (χ4v) is 5.04. The predicted octanol–water partition coefficient (Wildman–Crippen LogP) is 6.60. The van der Waals surface area contributed by atoms with E-state index in [0.717, 1.165) is 28.8 Å². The van der Waals surface area contributed by atoms with E-state index in [-0.39, 0.29) is 44.8 Å². The SMILES string of the molecule is CN(C)CN(C)C.[Au].[Au].[C-]#Cc1ccc2c3ccccc3n(C)c2c1.[C-]#Cc1ccc2c3ccccc3n(C)c2c1. The maximum atomic E-state index is 7.16. The van der Waals surface area contributed by atoms with Crippen LogP contribution in [-0.2, 0) is 58.9 Å². The average Bonchev–Trinajstić information content (AvgIpc) is 3.39. The van der Waals surface area contributed by atoms with Crippen LogP contribution in [0.25, 0.3) is 43.6 Å². The van der Waals surface area contributed by atoms with Crippen molar-refractivity contribution in [1.82, 2.24) is 18.9 Å². The Morgan fingerprint density at radius 3 is 1.20 bits per heavy atom. The molecule has 4 aromatic carbocycles. The van der Waals surface area contributed by atoms with Crippen LogP contribution < -0.4 is 0 Å². The molecule has 6 rings (SSSR count). The average molecular weight is 905 g/mol. The molecule has 6 aromatic rings. The Balaban J connectivity index is 0.000000226. The van der Waals surface area contributed by atoms with Gasteiger partial charge in [-0.1, -0.05) is 48.5 Å². The molecule has 0 aliphatic rings. The molecule has 4 nitrogen and oxygen atoms in total. The minimum atomic E-state index is 0. The zero-order valence-electron chi connectivity index (χ0n) is 24.2. The summed E-state index contributed by atoms with van der Waals surface area (Å²) in [5.41, 5.74) is 6.38. The quantitative estimate of drug-likeness (QED) is 0.0844. The fourth-order valence-electron chi connectivity index (χ4n) is 5.04. The van der Waals surface area contributed by atoms with Crippen LogP contribution in [0.4, 0.5) is 0 Å². The zero-order valence-corrected chi connectivity index (χ0v) is 28.5. The van der Waals surface area contributed by atoms with E-state index >= 15 is 0 Å². The Morgan fingerprint density at radius 2 is 0.878 bits per heavy atom. The molecular formula is C35H34Au2N4-2. The third-order valence-electron chi connectivity index (χ3n) is 6.68. The van der Waals surface area contributed by atoms with Crippen molar-refractivity contribution in [2.24, 2.45) is 14.1 Å². The first kappa shape index (κ1) is 34.2. The van der Waals surface area contributed by atoms with Gasteiger partial charge in [-0.25, -0.2) is 0 Å². The van der Waals surface area contributed by atoms with Gasteiger partial charge >= 0.3 is 0 Å². The summed E-state index contributed by atoms with van der Waals surface area (Å²) < 4.78 is 4.32. The Kier molecular flexibility index (Phi) is 12.8. The van der Waals surface area contributed by atoms with Crippen LogP contribution in [0, 0.1) is 24.7 Å². The van der Waals surface area contributed by atoms with E-state index < -0.39 is 0 Å². The first-order chi connectivity index (χ1) is 18.7. The van der Waals surface area contributed by atoms with Gasteiger partial charge in [-0.15, -0.1) is 35.4 Å². The van der Waals surface area contributed by atoms with Crippen LogP contribution in [0.1, 0.15) is 11.1 Å². The van der Waals surface area contributed by atoms with Gasteiger partial charge in [0.25, 0.3) is 0 Å². The second-order valence-corrected chi connectivity index (χ2v) is 10.2. The van der Waals surface area contributed by atoms with Gasteiger partial charge in [0.2, 0.25) is 0 Å². The van der Waals surface area contributed by atoms with Gasteiger partial charge in [0.15, 0.2) is 0 Å². The molecule has 0 aliphatic carbocycles. The molecule has 218 valence electrons. The van der Waals surface area contributed by atoms with Crippen molar-refractivity contribution in [3.8, 4) is 11.8 Å². The van der Waals surface area contributed by atoms with Gasteiger partial charge in [-0.05, 0) is 40.3 Å². The molecule has 0 unspecified atom stereocenters. The summed E-state index contributed by atoms with van der Waals surface area (Å²) in [7, 11) is 12.3. The number of hydrogen-bond acceptors (Lipinski definition) is 2. The molecule has 0 atom stereocenters. The van der Waals surface area contributed by atoms with E-state index in [0.29, 0.717) is 0 Å². The molecule has 0 bridgehead atoms. The molecule has 41 heavy (non-hydrogen) atoms. The number of hydrogen-bond donors (Lipinski definition) is 0. The minimum absolute atomic E-state index is 0. The van der Waals surface area contributed by atoms with Crippen LogP contribution in [0.2, 0.25) is 0 Å². The Hall–Kier alpha value is -3.00. The molecule has 0 fully saturated rings. The summed E-state index contributed by atoms with van der Waals surface area (Å²) in [6.45, 7) is 1.03. The zero-order chi connectivity index (χ0) is 28.1. The van der Waals surface area contributed by atoms with Crippen LogP contribution in [0.3, 0.4) is 0 Å². The second kappa shape index (κ2) is 15.3. The summed E-state index contributed by atoms with van der Waals surface area (Å²) in [4.78, 5) is 4.25. The van der Waals surface area contributed by atoms with Gasteiger partial charge < -0.3 is 22.0 Å². The molecule has 0 spiro atoms. The molecule has 0 aliphatic heterocycles. The predicted molar refractivity (Wildman–Crippen MR) is 166 cm³/mol. The van der Waals surface area contributed by atoms with Crippen molar-refractivity contribution in [2.75, 3.05) is 34.9 Å². The van der Waals surface area contributed by atoms with E-state index in [1.165, 1.54) is 32.6 Å². The number of rotatable bonds is 2. The van der Waals surface area contributed by atoms with E-state index in [2.05, 4.69) is 122 Å². The monoisotopic (exact) mass is 904 g/mol. The number of aromatic nitrogens is 2. The first-order valence-electron chi connectivity index (χ1n) is 12.8. The molecule has 0 saturated carbocycles.